The van der Waals surface area contributed by atoms with Crippen LogP contribution in [0.15, 0.2) is 18.2 Å². The minimum absolute atomic E-state index is 0.604. The van der Waals surface area contributed by atoms with Crippen LogP contribution < -0.4 is 5.32 Å². The summed E-state index contributed by atoms with van der Waals surface area (Å²) >= 11 is 0. The average molecular weight is 254 g/mol. The van der Waals surface area contributed by atoms with Crippen LogP contribution in [0.3, 0.4) is 0 Å². The zero-order valence-corrected chi connectivity index (χ0v) is 11.9. The first-order valence-electron chi connectivity index (χ1n) is 7.64. The Morgan fingerprint density at radius 3 is 3.05 bits per heavy atom. The standard InChI is InChI=1S/C17H22N2/c1-11(2)12-6-7-16-14(10-12)13-4-3-5-15-17(13)19(16)9-8-18-15/h6-7,10-11,15,18H,3-5,8-9H2,1-2H3/t15-/m1/s1. The molecule has 1 aromatic carbocycles. The van der Waals surface area contributed by atoms with Crippen molar-refractivity contribution in [3.8, 4) is 0 Å². The molecule has 0 saturated heterocycles. The van der Waals surface area contributed by atoms with E-state index < -0.39 is 0 Å². The number of benzene rings is 1. The Morgan fingerprint density at radius 2 is 2.21 bits per heavy atom. The maximum absolute atomic E-state index is 3.69. The van der Waals surface area contributed by atoms with Gasteiger partial charge in [0, 0.05) is 35.7 Å². The van der Waals surface area contributed by atoms with E-state index in [4.69, 9.17) is 0 Å². The average Bonchev–Trinajstić information content (AvgIpc) is 2.76. The number of nitrogens with zero attached hydrogens (tertiary/aromatic N) is 1. The number of rotatable bonds is 1. The third kappa shape index (κ3) is 1.59. The van der Waals surface area contributed by atoms with E-state index >= 15 is 0 Å². The van der Waals surface area contributed by atoms with Gasteiger partial charge < -0.3 is 9.88 Å². The monoisotopic (exact) mass is 254 g/mol. The largest absolute Gasteiger partial charge is 0.342 e. The molecule has 0 radical (unpaired) electrons. The highest BCUT2D eigenvalue weighted by molar-refractivity contribution is 5.87. The van der Waals surface area contributed by atoms with Gasteiger partial charge in [0.25, 0.3) is 0 Å². The van der Waals surface area contributed by atoms with E-state index in [2.05, 4.69) is 41.9 Å². The molecular formula is C17H22N2. The summed E-state index contributed by atoms with van der Waals surface area (Å²) in [6, 6.07) is 7.72. The number of hydrogen-bond donors (Lipinski definition) is 1. The molecule has 1 aliphatic heterocycles. The molecule has 0 unspecified atom stereocenters. The third-order valence-electron chi connectivity index (χ3n) is 4.88. The van der Waals surface area contributed by atoms with Crippen molar-refractivity contribution >= 4 is 10.9 Å². The van der Waals surface area contributed by atoms with E-state index in [9.17, 15) is 0 Å². The highest BCUT2D eigenvalue weighted by Crippen LogP contribution is 2.39. The lowest BCUT2D eigenvalue weighted by Gasteiger charge is -2.31. The highest BCUT2D eigenvalue weighted by Gasteiger charge is 2.29. The fourth-order valence-electron chi connectivity index (χ4n) is 3.89. The van der Waals surface area contributed by atoms with E-state index in [1.54, 1.807) is 11.3 Å². The van der Waals surface area contributed by atoms with E-state index in [1.165, 1.54) is 35.7 Å². The molecule has 0 amide bonds. The second kappa shape index (κ2) is 4.11. The molecule has 2 heteroatoms. The summed E-state index contributed by atoms with van der Waals surface area (Å²) < 4.78 is 2.58. The first-order chi connectivity index (χ1) is 9.25. The van der Waals surface area contributed by atoms with Crippen LogP contribution in [0.2, 0.25) is 0 Å². The Balaban J connectivity index is 2.02. The van der Waals surface area contributed by atoms with Gasteiger partial charge in [-0.2, -0.15) is 0 Å². The Hall–Kier alpha value is -1.28. The zero-order chi connectivity index (χ0) is 13.0. The Morgan fingerprint density at radius 1 is 1.32 bits per heavy atom. The summed E-state index contributed by atoms with van der Waals surface area (Å²) in [4.78, 5) is 0. The van der Waals surface area contributed by atoms with Crippen molar-refractivity contribution in [1.82, 2.24) is 9.88 Å². The molecule has 1 aliphatic carbocycles. The lowest BCUT2D eigenvalue weighted by Crippen LogP contribution is -2.35. The second-order valence-corrected chi connectivity index (χ2v) is 6.35. The van der Waals surface area contributed by atoms with Crippen LogP contribution in [0.5, 0.6) is 0 Å². The summed E-state index contributed by atoms with van der Waals surface area (Å²) in [5, 5.41) is 5.22. The molecule has 2 aromatic rings. The van der Waals surface area contributed by atoms with Crippen molar-refractivity contribution in [3.05, 3.63) is 35.0 Å². The number of hydrogen-bond acceptors (Lipinski definition) is 1. The van der Waals surface area contributed by atoms with Gasteiger partial charge in [0.15, 0.2) is 0 Å². The van der Waals surface area contributed by atoms with E-state index in [0.717, 1.165) is 13.1 Å². The van der Waals surface area contributed by atoms with Crippen molar-refractivity contribution in [2.24, 2.45) is 0 Å². The van der Waals surface area contributed by atoms with Crippen molar-refractivity contribution in [2.45, 2.75) is 51.6 Å². The van der Waals surface area contributed by atoms with Crippen LogP contribution in [0.1, 0.15) is 55.5 Å². The zero-order valence-electron chi connectivity index (χ0n) is 11.9. The van der Waals surface area contributed by atoms with Crippen molar-refractivity contribution in [1.29, 1.82) is 0 Å². The number of nitrogens with one attached hydrogen (secondary N) is 1. The molecule has 0 fully saturated rings. The summed E-state index contributed by atoms with van der Waals surface area (Å²) in [7, 11) is 0. The first kappa shape index (κ1) is 11.5. The van der Waals surface area contributed by atoms with Crippen LogP contribution in [0.4, 0.5) is 0 Å². The molecule has 1 N–H and O–H groups in total. The van der Waals surface area contributed by atoms with Gasteiger partial charge >= 0.3 is 0 Å². The molecule has 2 heterocycles. The molecular weight excluding hydrogens is 232 g/mol. The minimum Gasteiger partial charge on any atom is -0.342 e. The van der Waals surface area contributed by atoms with Crippen molar-refractivity contribution < 1.29 is 0 Å². The van der Waals surface area contributed by atoms with Crippen molar-refractivity contribution in [2.75, 3.05) is 6.54 Å². The van der Waals surface area contributed by atoms with Crippen LogP contribution in [0.25, 0.3) is 10.9 Å². The normalized spacial score (nSPS) is 21.9. The van der Waals surface area contributed by atoms with Crippen molar-refractivity contribution in [3.63, 3.8) is 0 Å². The molecule has 4 rings (SSSR count). The van der Waals surface area contributed by atoms with Gasteiger partial charge in [-0.3, -0.25) is 0 Å². The Kier molecular flexibility index (Phi) is 2.49. The smallest absolute Gasteiger partial charge is 0.0486 e. The van der Waals surface area contributed by atoms with Gasteiger partial charge in [-0.15, -0.1) is 0 Å². The molecule has 1 atom stereocenters. The van der Waals surface area contributed by atoms with Gasteiger partial charge in [-0.1, -0.05) is 19.9 Å². The van der Waals surface area contributed by atoms with Gasteiger partial charge in [-0.25, -0.2) is 0 Å². The number of fused-ring (bicyclic) bond motifs is 3. The van der Waals surface area contributed by atoms with Crippen LogP contribution in [0, 0.1) is 0 Å². The first-order valence-corrected chi connectivity index (χ1v) is 7.64. The summed E-state index contributed by atoms with van der Waals surface area (Å²) in [6.45, 7) is 6.82. The topological polar surface area (TPSA) is 17.0 Å². The predicted molar refractivity (Wildman–Crippen MR) is 79.7 cm³/mol. The second-order valence-electron chi connectivity index (χ2n) is 6.35. The van der Waals surface area contributed by atoms with Crippen LogP contribution in [-0.4, -0.2) is 11.1 Å². The molecule has 0 bridgehead atoms. The fraction of sp³-hybridized carbons (Fsp3) is 0.529. The van der Waals surface area contributed by atoms with E-state index in [1.807, 2.05) is 0 Å². The molecule has 0 spiro atoms. The summed E-state index contributed by atoms with van der Waals surface area (Å²) in [5.41, 5.74) is 6.15. The fourth-order valence-corrected chi connectivity index (χ4v) is 3.89. The van der Waals surface area contributed by atoms with Gasteiger partial charge in [0.2, 0.25) is 0 Å². The number of aryl methyl sites for hydroxylation is 1. The lowest BCUT2D eigenvalue weighted by atomic mass is 9.90. The lowest BCUT2D eigenvalue weighted by molar-refractivity contribution is 0.384. The molecule has 1 aromatic heterocycles. The van der Waals surface area contributed by atoms with Gasteiger partial charge in [0.05, 0.1) is 0 Å². The predicted octanol–water partition coefficient (Wildman–Crippen LogP) is 3.75. The summed E-state index contributed by atoms with van der Waals surface area (Å²) in [6.07, 6.45) is 3.90. The molecule has 19 heavy (non-hydrogen) atoms. The maximum Gasteiger partial charge on any atom is 0.0486 e. The molecule has 2 nitrogen and oxygen atoms in total. The molecule has 0 saturated carbocycles. The Bertz CT molecular complexity index is 634. The van der Waals surface area contributed by atoms with Gasteiger partial charge in [-0.05, 0) is 48.4 Å². The van der Waals surface area contributed by atoms with Gasteiger partial charge in [0.1, 0.15) is 0 Å². The van der Waals surface area contributed by atoms with E-state index in [0.29, 0.717) is 12.0 Å². The Labute approximate surface area is 114 Å². The minimum atomic E-state index is 0.604. The number of aromatic nitrogens is 1. The van der Waals surface area contributed by atoms with Crippen LogP contribution in [-0.2, 0) is 13.0 Å². The third-order valence-corrected chi connectivity index (χ3v) is 4.88. The van der Waals surface area contributed by atoms with E-state index in [-0.39, 0.29) is 0 Å². The SMILES string of the molecule is CC(C)c1ccc2c(c1)c1c3n2CCN[C@@H]3CCC1. The highest BCUT2D eigenvalue weighted by atomic mass is 15.1. The maximum atomic E-state index is 3.69. The molecule has 2 aliphatic rings. The van der Waals surface area contributed by atoms with Crippen LogP contribution >= 0.6 is 0 Å². The summed E-state index contributed by atoms with van der Waals surface area (Å²) in [5.74, 6) is 0.617. The molecule has 100 valence electrons. The quantitative estimate of drug-likeness (QED) is 0.820.